The number of benzene rings is 8. The van der Waals surface area contributed by atoms with Crippen LogP contribution in [-0.4, -0.2) is 0 Å². The van der Waals surface area contributed by atoms with Crippen molar-refractivity contribution in [1.29, 1.82) is 0 Å². The van der Waals surface area contributed by atoms with E-state index in [0.717, 1.165) is 46.5 Å². The van der Waals surface area contributed by atoms with Crippen molar-refractivity contribution < 1.29 is 9.47 Å². The van der Waals surface area contributed by atoms with E-state index in [0.29, 0.717) is 5.92 Å². The van der Waals surface area contributed by atoms with Crippen LogP contribution in [-0.2, 0) is 5.41 Å². The number of rotatable bonds is 5. The van der Waals surface area contributed by atoms with Gasteiger partial charge >= 0.3 is 0 Å². The van der Waals surface area contributed by atoms with Gasteiger partial charge in [-0.2, -0.15) is 0 Å². The quantitative estimate of drug-likeness (QED) is 0.175. The minimum absolute atomic E-state index is 0.404. The first-order chi connectivity index (χ1) is 29.1. The molecule has 3 nitrogen and oxygen atoms in total. The zero-order valence-corrected chi connectivity index (χ0v) is 32.6. The first-order valence-corrected chi connectivity index (χ1v) is 20.5. The highest BCUT2D eigenvalue weighted by Gasteiger charge is 2.52. The lowest BCUT2D eigenvalue weighted by Gasteiger charge is -2.33. The average Bonchev–Trinajstić information content (AvgIpc) is 3.75. The molecule has 0 radical (unpaired) electrons. The molecule has 0 fully saturated rings. The molecule has 0 aromatic heterocycles. The number of anilines is 3. The maximum absolute atomic E-state index is 6.71. The molecule has 0 bridgehead atoms. The summed E-state index contributed by atoms with van der Waals surface area (Å²) >= 11 is 0. The first kappa shape index (κ1) is 33.7. The van der Waals surface area contributed by atoms with E-state index in [4.69, 9.17) is 9.47 Å². The highest BCUT2D eigenvalue weighted by molar-refractivity contribution is 5.97. The summed E-state index contributed by atoms with van der Waals surface area (Å²) in [4.78, 5) is 2.40. The molecule has 0 saturated carbocycles. The number of allylic oxidation sites excluding steroid dienone is 3. The van der Waals surface area contributed by atoms with E-state index in [1.54, 1.807) is 0 Å². The van der Waals surface area contributed by atoms with Crippen molar-refractivity contribution in [1.82, 2.24) is 0 Å². The van der Waals surface area contributed by atoms with Gasteiger partial charge in [-0.25, -0.2) is 0 Å². The Hall–Kier alpha value is -7.36. The maximum Gasteiger partial charge on any atom is 0.170 e. The van der Waals surface area contributed by atoms with E-state index in [-0.39, 0.29) is 0 Å². The van der Waals surface area contributed by atoms with Crippen LogP contribution in [0.5, 0.6) is 11.5 Å². The Labute approximate surface area is 344 Å². The van der Waals surface area contributed by atoms with Crippen LogP contribution in [0.4, 0.5) is 17.1 Å². The molecule has 3 aliphatic carbocycles. The molecule has 59 heavy (non-hydrogen) atoms. The van der Waals surface area contributed by atoms with E-state index >= 15 is 0 Å². The SMILES string of the molecule is CC1C=CC2=C(C1)Oc1cc3c(cc1O2)C1(c2ccccc2-c2ccc(N(c4ccc(-c5ccccc5)cc4)c4ccc(-c5ccccc5)cc4)cc21)c1ccccc1-3. The monoisotopic (exact) mass is 757 g/mol. The fraction of sp³-hybridized carbons (Fsp3) is 0.0714. The van der Waals surface area contributed by atoms with Gasteiger partial charge in [-0.05, 0) is 127 Å². The van der Waals surface area contributed by atoms with Crippen molar-refractivity contribution in [2.45, 2.75) is 18.8 Å². The molecule has 2 unspecified atom stereocenters. The van der Waals surface area contributed by atoms with E-state index in [1.165, 1.54) is 66.8 Å². The number of hydrogen-bond acceptors (Lipinski definition) is 3. The predicted molar refractivity (Wildman–Crippen MR) is 239 cm³/mol. The Balaban J connectivity index is 1.06. The summed E-state index contributed by atoms with van der Waals surface area (Å²) in [5, 5.41) is 0. The molecule has 280 valence electrons. The largest absolute Gasteiger partial charge is 0.454 e. The molecule has 1 heterocycles. The molecule has 0 amide bonds. The molecular weight excluding hydrogens is 719 g/mol. The van der Waals surface area contributed by atoms with Crippen LogP contribution in [0.1, 0.15) is 35.6 Å². The van der Waals surface area contributed by atoms with Crippen LogP contribution >= 0.6 is 0 Å². The van der Waals surface area contributed by atoms with E-state index in [1.807, 2.05) is 0 Å². The first-order valence-electron chi connectivity index (χ1n) is 20.5. The summed E-state index contributed by atoms with van der Waals surface area (Å²) in [7, 11) is 0. The Bertz CT molecular complexity index is 2930. The second kappa shape index (κ2) is 13.1. The fourth-order valence-electron chi connectivity index (χ4n) is 9.98. The van der Waals surface area contributed by atoms with Crippen molar-refractivity contribution in [3.63, 3.8) is 0 Å². The molecular formula is C56H39NO2. The summed E-state index contributed by atoms with van der Waals surface area (Å²) < 4.78 is 13.4. The summed E-state index contributed by atoms with van der Waals surface area (Å²) in [6.45, 7) is 2.21. The van der Waals surface area contributed by atoms with Gasteiger partial charge in [0, 0.05) is 23.5 Å². The number of fused-ring (bicyclic) bond motifs is 11. The lowest BCUT2D eigenvalue weighted by Crippen LogP contribution is -2.26. The van der Waals surface area contributed by atoms with E-state index in [2.05, 4.69) is 212 Å². The number of nitrogens with zero attached hydrogens (tertiary/aromatic N) is 1. The third-order valence-electron chi connectivity index (χ3n) is 12.7. The lowest BCUT2D eigenvalue weighted by atomic mass is 9.70. The minimum Gasteiger partial charge on any atom is -0.454 e. The second-order valence-electron chi connectivity index (χ2n) is 16.1. The van der Waals surface area contributed by atoms with Crippen LogP contribution in [0.25, 0.3) is 44.5 Å². The zero-order chi connectivity index (χ0) is 39.1. The van der Waals surface area contributed by atoms with E-state index in [9.17, 15) is 0 Å². The van der Waals surface area contributed by atoms with Gasteiger partial charge < -0.3 is 14.4 Å². The van der Waals surface area contributed by atoms with Crippen LogP contribution in [0, 0.1) is 5.92 Å². The second-order valence-corrected chi connectivity index (χ2v) is 16.1. The zero-order valence-electron chi connectivity index (χ0n) is 32.6. The van der Waals surface area contributed by atoms with Crippen LogP contribution in [0.15, 0.2) is 212 Å². The Morgan fingerprint density at radius 1 is 0.441 bits per heavy atom. The highest BCUT2D eigenvalue weighted by Crippen LogP contribution is 2.65. The van der Waals surface area contributed by atoms with Crippen LogP contribution in [0.2, 0.25) is 0 Å². The molecule has 8 aromatic rings. The van der Waals surface area contributed by atoms with Gasteiger partial charge in [0.05, 0.1) is 5.41 Å². The Kier molecular flexibility index (Phi) is 7.49. The van der Waals surface area contributed by atoms with Gasteiger partial charge in [-0.3, -0.25) is 0 Å². The number of ether oxygens (including phenoxy) is 2. The van der Waals surface area contributed by atoms with Gasteiger partial charge in [0.15, 0.2) is 17.3 Å². The summed E-state index contributed by atoms with van der Waals surface area (Å²) in [6.07, 6.45) is 5.11. The van der Waals surface area contributed by atoms with Gasteiger partial charge in [-0.15, -0.1) is 0 Å². The molecule has 12 rings (SSSR count). The molecule has 4 aliphatic rings. The standard InChI is InChI=1S/C56H39NO2/c1-36-20-31-52-53(32-36)59-54-34-47-45-17-9-11-19-49(45)56(51(47)35-55(54)58-52)48-18-10-8-16-44(48)46-30-29-43(33-50(46)56)57(41-25-21-39(22-26-41)37-12-4-2-5-13-37)42-27-23-40(24-28-42)38-14-6-3-7-15-38/h2-31,33-36H,32H2,1H3. The van der Waals surface area contributed by atoms with Crippen molar-refractivity contribution in [3.8, 4) is 56.0 Å². The third-order valence-corrected chi connectivity index (χ3v) is 12.7. The van der Waals surface area contributed by atoms with Crippen molar-refractivity contribution in [3.05, 3.63) is 234 Å². The van der Waals surface area contributed by atoms with Gasteiger partial charge in [-0.1, -0.05) is 153 Å². The van der Waals surface area contributed by atoms with Crippen molar-refractivity contribution in [2.75, 3.05) is 4.90 Å². The molecule has 1 aliphatic heterocycles. The van der Waals surface area contributed by atoms with Crippen LogP contribution < -0.4 is 14.4 Å². The van der Waals surface area contributed by atoms with E-state index < -0.39 is 5.41 Å². The lowest BCUT2D eigenvalue weighted by molar-refractivity contribution is 0.280. The third kappa shape index (κ3) is 5.14. The van der Waals surface area contributed by atoms with Gasteiger partial charge in [0.2, 0.25) is 0 Å². The van der Waals surface area contributed by atoms with Gasteiger partial charge in [0.1, 0.15) is 5.76 Å². The predicted octanol–water partition coefficient (Wildman–Crippen LogP) is 14.4. The molecule has 2 atom stereocenters. The number of hydrogen-bond donors (Lipinski definition) is 0. The normalized spacial score (nSPS) is 17.5. The molecule has 3 heteroatoms. The molecule has 0 N–H and O–H groups in total. The fourth-order valence-corrected chi connectivity index (χ4v) is 9.98. The Morgan fingerprint density at radius 2 is 0.932 bits per heavy atom. The van der Waals surface area contributed by atoms with Crippen molar-refractivity contribution >= 4 is 17.1 Å². The van der Waals surface area contributed by atoms with Gasteiger partial charge in [0.25, 0.3) is 0 Å². The highest BCUT2D eigenvalue weighted by atomic mass is 16.6. The molecule has 8 aromatic carbocycles. The molecule has 1 spiro atoms. The summed E-state index contributed by atoms with van der Waals surface area (Å²) in [5.74, 6) is 3.65. The topological polar surface area (TPSA) is 21.7 Å². The summed E-state index contributed by atoms with van der Waals surface area (Å²) in [6, 6.07) is 68.6. The average molecular weight is 758 g/mol. The van der Waals surface area contributed by atoms with Crippen molar-refractivity contribution in [2.24, 2.45) is 5.92 Å². The molecule has 0 saturated heterocycles. The summed E-state index contributed by atoms with van der Waals surface area (Å²) in [5.41, 5.74) is 17.4. The van der Waals surface area contributed by atoms with Crippen LogP contribution in [0.3, 0.4) is 0 Å². The maximum atomic E-state index is 6.71. The Morgan fingerprint density at radius 3 is 1.56 bits per heavy atom. The smallest absolute Gasteiger partial charge is 0.170 e. The minimum atomic E-state index is -0.572.